The van der Waals surface area contributed by atoms with E-state index in [2.05, 4.69) is 12.2 Å². The maximum atomic E-state index is 13.3. The van der Waals surface area contributed by atoms with Gasteiger partial charge in [0.05, 0.1) is 11.0 Å². The third-order valence-electron chi connectivity index (χ3n) is 3.49. The van der Waals surface area contributed by atoms with Gasteiger partial charge in [0.15, 0.2) is 0 Å². The first-order chi connectivity index (χ1) is 9.60. The molecule has 1 fully saturated rings. The number of rotatable bonds is 5. The summed E-state index contributed by atoms with van der Waals surface area (Å²) in [5, 5.41) is 14.1. The minimum absolute atomic E-state index is 0.0841. The molecule has 1 aromatic rings. The number of nitrogens with zero attached hydrogens (tertiary/aromatic N) is 1. The van der Waals surface area contributed by atoms with E-state index in [1.807, 2.05) is 0 Å². The summed E-state index contributed by atoms with van der Waals surface area (Å²) in [6, 6.07) is 3.57. The zero-order valence-corrected chi connectivity index (χ0v) is 11.5. The van der Waals surface area contributed by atoms with Gasteiger partial charge >= 0.3 is 0 Å². The molecule has 0 radical (unpaired) electrons. The Hall–Kier alpha value is -1.69. The third kappa shape index (κ3) is 3.66. The van der Waals surface area contributed by atoms with E-state index in [1.54, 1.807) is 0 Å². The predicted molar refractivity (Wildman–Crippen MR) is 74.3 cm³/mol. The second-order valence-corrected chi connectivity index (χ2v) is 5.07. The van der Waals surface area contributed by atoms with E-state index in [9.17, 15) is 14.5 Å². The van der Waals surface area contributed by atoms with Crippen LogP contribution in [0.4, 0.5) is 15.8 Å². The van der Waals surface area contributed by atoms with E-state index in [4.69, 9.17) is 4.74 Å². The predicted octanol–water partition coefficient (Wildman–Crippen LogP) is 3.49. The topological polar surface area (TPSA) is 64.4 Å². The van der Waals surface area contributed by atoms with Crippen LogP contribution in [0.2, 0.25) is 0 Å². The van der Waals surface area contributed by atoms with E-state index in [0.717, 1.165) is 31.7 Å². The molecule has 0 saturated carbocycles. The lowest BCUT2D eigenvalue weighted by molar-refractivity contribution is -0.384. The molecular weight excluding hydrogens is 263 g/mol. The summed E-state index contributed by atoms with van der Waals surface area (Å²) in [6.45, 7) is 2.73. The number of ether oxygens (including phenoxy) is 1. The van der Waals surface area contributed by atoms with Gasteiger partial charge in [-0.25, -0.2) is 4.39 Å². The molecule has 0 aromatic heterocycles. The van der Waals surface area contributed by atoms with Crippen LogP contribution in [0.3, 0.4) is 0 Å². The van der Waals surface area contributed by atoms with Crippen molar-refractivity contribution in [3.8, 4) is 0 Å². The first-order valence-electron chi connectivity index (χ1n) is 6.92. The van der Waals surface area contributed by atoms with Crippen molar-refractivity contribution in [2.75, 3.05) is 11.9 Å². The van der Waals surface area contributed by atoms with Crippen LogP contribution in [0.15, 0.2) is 18.2 Å². The molecule has 0 aliphatic carbocycles. The number of halogens is 1. The molecule has 2 unspecified atom stereocenters. The Morgan fingerprint density at radius 3 is 3.05 bits per heavy atom. The number of hydrogen-bond donors (Lipinski definition) is 1. The summed E-state index contributed by atoms with van der Waals surface area (Å²) in [5.74, 6) is -0.477. The van der Waals surface area contributed by atoms with Gasteiger partial charge in [-0.05, 0) is 25.3 Å². The molecule has 5 nitrogen and oxygen atoms in total. The van der Waals surface area contributed by atoms with Crippen LogP contribution in [0, 0.1) is 15.9 Å². The lowest BCUT2D eigenvalue weighted by Crippen LogP contribution is -2.34. The van der Waals surface area contributed by atoms with Crippen molar-refractivity contribution in [2.45, 2.75) is 44.8 Å². The lowest BCUT2D eigenvalue weighted by atomic mass is 9.99. The fraction of sp³-hybridized carbons (Fsp3) is 0.571. The minimum atomic E-state index is -0.495. The summed E-state index contributed by atoms with van der Waals surface area (Å²) in [4.78, 5) is 10.5. The fourth-order valence-corrected chi connectivity index (χ4v) is 2.54. The van der Waals surface area contributed by atoms with Gasteiger partial charge in [-0.3, -0.25) is 10.1 Å². The second-order valence-electron chi connectivity index (χ2n) is 5.07. The Morgan fingerprint density at radius 2 is 2.35 bits per heavy atom. The number of benzene rings is 1. The molecule has 110 valence electrons. The highest BCUT2D eigenvalue weighted by atomic mass is 19.1. The molecule has 1 N–H and O–H groups in total. The SMILES string of the molecule is CCCC1CC(Nc2cc(F)ccc2[N+](=O)[O-])CCO1. The molecule has 1 aliphatic rings. The lowest BCUT2D eigenvalue weighted by Gasteiger charge is -2.30. The maximum Gasteiger partial charge on any atom is 0.292 e. The molecule has 0 spiro atoms. The fourth-order valence-electron chi connectivity index (χ4n) is 2.54. The van der Waals surface area contributed by atoms with Gasteiger partial charge in [0.25, 0.3) is 5.69 Å². The van der Waals surface area contributed by atoms with Crippen LogP contribution in [0.1, 0.15) is 32.6 Å². The first kappa shape index (κ1) is 14.7. The molecule has 20 heavy (non-hydrogen) atoms. The molecule has 2 rings (SSSR count). The molecule has 0 amide bonds. The van der Waals surface area contributed by atoms with Gasteiger partial charge in [0, 0.05) is 24.8 Å². The third-order valence-corrected chi connectivity index (χ3v) is 3.49. The highest BCUT2D eigenvalue weighted by Crippen LogP contribution is 2.28. The molecule has 1 heterocycles. The summed E-state index contributed by atoms with van der Waals surface area (Å²) < 4.78 is 18.9. The summed E-state index contributed by atoms with van der Waals surface area (Å²) >= 11 is 0. The largest absolute Gasteiger partial charge is 0.378 e. The van der Waals surface area contributed by atoms with E-state index in [0.29, 0.717) is 6.61 Å². The van der Waals surface area contributed by atoms with Crippen LogP contribution in [-0.4, -0.2) is 23.7 Å². The summed E-state index contributed by atoms with van der Waals surface area (Å²) in [7, 11) is 0. The number of nitrogens with one attached hydrogen (secondary N) is 1. The van der Waals surface area contributed by atoms with Crippen molar-refractivity contribution < 1.29 is 14.1 Å². The zero-order chi connectivity index (χ0) is 14.5. The average Bonchev–Trinajstić information content (AvgIpc) is 2.39. The second kappa shape index (κ2) is 6.65. The van der Waals surface area contributed by atoms with Crippen molar-refractivity contribution in [1.29, 1.82) is 0 Å². The maximum absolute atomic E-state index is 13.3. The van der Waals surface area contributed by atoms with E-state index >= 15 is 0 Å². The highest BCUT2D eigenvalue weighted by Gasteiger charge is 2.24. The average molecular weight is 282 g/mol. The molecule has 6 heteroatoms. The summed E-state index contributed by atoms with van der Waals surface area (Å²) in [5.41, 5.74) is 0.155. The zero-order valence-electron chi connectivity index (χ0n) is 11.5. The van der Waals surface area contributed by atoms with Crippen molar-refractivity contribution in [2.24, 2.45) is 0 Å². The van der Waals surface area contributed by atoms with Gasteiger partial charge in [0.2, 0.25) is 0 Å². The van der Waals surface area contributed by atoms with Crippen molar-refractivity contribution >= 4 is 11.4 Å². The smallest absolute Gasteiger partial charge is 0.292 e. The van der Waals surface area contributed by atoms with Gasteiger partial charge < -0.3 is 10.1 Å². The standard InChI is InChI=1S/C14H19FN2O3/c1-2-3-12-9-11(6-7-20-12)16-13-8-10(15)4-5-14(13)17(18)19/h4-5,8,11-12,16H,2-3,6-7,9H2,1H3. The Morgan fingerprint density at radius 1 is 1.55 bits per heavy atom. The van der Waals surface area contributed by atoms with Crippen molar-refractivity contribution in [3.05, 3.63) is 34.1 Å². The molecule has 1 saturated heterocycles. The van der Waals surface area contributed by atoms with Crippen molar-refractivity contribution in [1.82, 2.24) is 0 Å². The summed E-state index contributed by atoms with van der Waals surface area (Å²) in [6.07, 6.45) is 3.76. The molecule has 1 aliphatic heterocycles. The Kier molecular flexibility index (Phi) is 4.89. The molecule has 2 atom stereocenters. The first-order valence-corrected chi connectivity index (χ1v) is 6.92. The quantitative estimate of drug-likeness (QED) is 0.663. The number of hydrogen-bond acceptors (Lipinski definition) is 4. The van der Waals surface area contributed by atoms with Crippen LogP contribution in [-0.2, 0) is 4.74 Å². The van der Waals surface area contributed by atoms with Crippen LogP contribution >= 0.6 is 0 Å². The van der Waals surface area contributed by atoms with Gasteiger partial charge in [-0.15, -0.1) is 0 Å². The van der Waals surface area contributed by atoms with Gasteiger partial charge in [-0.1, -0.05) is 13.3 Å². The van der Waals surface area contributed by atoms with Crippen LogP contribution in [0.25, 0.3) is 0 Å². The van der Waals surface area contributed by atoms with E-state index < -0.39 is 10.7 Å². The minimum Gasteiger partial charge on any atom is -0.378 e. The Bertz CT molecular complexity index is 479. The highest BCUT2D eigenvalue weighted by molar-refractivity contribution is 5.61. The number of nitro groups is 1. The molecular formula is C14H19FN2O3. The van der Waals surface area contributed by atoms with Crippen LogP contribution < -0.4 is 5.32 Å². The normalized spacial score (nSPS) is 22.5. The number of nitro benzene ring substituents is 1. The van der Waals surface area contributed by atoms with E-state index in [1.165, 1.54) is 12.1 Å². The molecule has 1 aromatic carbocycles. The monoisotopic (exact) mass is 282 g/mol. The number of anilines is 1. The van der Waals surface area contributed by atoms with Crippen LogP contribution in [0.5, 0.6) is 0 Å². The Balaban J connectivity index is 2.09. The van der Waals surface area contributed by atoms with Gasteiger partial charge in [0.1, 0.15) is 11.5 Å². The Labute approximate surface area is 117 Å². The van der Waals surface area contributed by atoms with E-state index in [-0.39, 0.29) is 23.5 Å². The molecule has 0 bridgehead atoms. The van der Waals surface area contributed by atoms with Gasteiger partial charge in [-0.2, -0.15) is 0 Å². The van der Waals surface area contributed by atoms with Crippen molar-refractivity contribution in [3.63, 3.8) is 0 Å².